The van der Waals surface area contributed by atoms with Crippen LogP contribution in [0.25, 0.3) is 0 Å². The quantitative estimate of drug-likeness (QED) is 0.510. The molecule has 8 nitrogen and oxygen atoms in total. The van der Waals surface area contributed by atoms with Gasteiger partial charge < -0.3 is 14.7 Å². The van der Waals surface area contributed by atoms with Gasteiger partial charge in [0.15, 0.2) is 0 Å². The van der Waals surface area contributed by atoms with E-state index < -0.39 is 23.3 Å². The summed E-state index contributed by atoms with van der Waals surface area (Å²) in [6, 6.07) is 6.78. The van der Waals surface area contributed by atoms with Crippen LogP contribution in [0.1, 0.15) is 38.2 Å². The lowest BCUT2D eigenvalue weighted by Crippen LogP contribution is -2.57. The van der Waals surface area contributed by atoms with Crippen LogP contribution in [0.15, 0.2) is 49.2 Å². The van der Waals surface area contributed by atoms with Crippen molar-refractivity contribution in [2.24, 2.45) is 0 Å². The van der Waals surface area contributed by atoms with E-state index in [1.54, 1.807) is 0 Å². The molecule has 36 heavy (non-hydrogen) atoms. The van der Waals surface area contributed by atoms with Gasteiger partial charge in [0.25, 0.3) is 0 Å². The maximum Gasteiger partial charge on any atom is 0.213 e. The third-order valence-corrected chi connectivity index (χ3v) is 7.50. The van der Waals surface area contributed by atoms with Crippen molar-refractivity contribution in [1.82, 2.24) is 24.6 Å². The molecule has 1 aliphatic carbocycles. The molecule has 0 amide bonds. The minimum Gasteiger partial charge on any atom is -0.474 e. The van der Waals surface area contributed by atoms with Crippen molar-refractivity contribution in [1.29, 1.82) is 0 Å². The monoisotopic (exact) mass is 498 g/mol. The third kappa shape index (κ3) is 5.19. The lowest BCUT2D eigenvalue weighted by atomic mass is 9.85. The summed E-state index contributed by atoms with van der Waals surface area (Å²) >= 11 is 0. The van der Waals surface area contributed by atoms with E-state index in [0.29, 0.717) is 19.0 Å². The van der Waals surface area contributed by atoms with Gasteiger partial charge in [-0.15, -0.1) is 0 Å². The number of pyridine rings is 1. The van der Waals surface area contributed by atoms with Gasteiger partial charge in [0.2, 0.25) is 5.88 Å². The molecule has 0 spiro atoms. The van der Waals surface area contributed by atoms with Crippen LogP contribution >= 0.6 is 0 Å². The van der Waals surface area contributed by atoms with Crippen LogP contribution in [0.4, 0.5) is 14.5 Å². The molecular weight excluding hydrogens is 466 g/mol. The van der Waals surface area contributed by atoms with Gasteiger partial charge in [-0.3, -0.25) is 4.90 Å². The van der Waals surface area contributed by atoms with E-state index in [-0.39, 0.29) is 18.2 Å². The van der Waals surface area contributed by atoms with Crippen LogP contribution in [0, 0.1) is 11.6 Å². The number of rotatable bonds is 8. The Labute approximate surface area is 209 Å². The molecule has 2 atom stereocenters. The number of benzene rings is 1. The smallest absolute Gasteiger partial charge is 0.213 e. The van der Waals surface area contributed by atoms with Gasteiger partial charge in [-0.05, 0) is 44.7 Å². The van der Waals surface area contributed by atoms with Crippen molar-refractivity contribution >= 4 is 5.69 Å². The number of hydrogen-bond acceptors (Lipinski definition) is 7. The van der Waals surface area contributed by atoms with Crippen molar-refractivity contribution in [2.75, 3.05) is 31.1 Å². The highest BCUT2D eigenvalue weighted by atomic mass is 19.1. The van der Waals surface area contributed by atoms with Gasteiger partial charge in [0, 0.05) is 49.9 Å². The van der Waals surface area contributed by atoms with E-state index in [2.05, 4.69) is 24.9 Å². The second-order valence-corrected chi connectivity index (χ2v) is 9.72. The number of halogens is 2. The van der Waals surface area contributed by atoms with Crippen molar-refractivity contribution < 1.29 is 18.6 Å². The Morgan fingerprint density at radius 1 is 1.11 bits per heavy atom. The summed E-state index contributed by atoms with van der Waals surface area (Å²) < 4.78 is 35.9. The summed E-state index contributed by atoms with van der Waals surface area (Å²) in [6.07, 6.45) is 9.57. The molecule has 1 saturated heterocycles. The van der Waals surface area contributed by atoms with E-state index in [4.69, 9.17) is 4.74 Å². The second kappa shape index (κ2) is 10.5. The molecule has 10 heteroatoms. The van der Waals surface area contributed by atoms with Gasteiger partial charge in [0.05, 0.1) is 18.4 Å². The molecule has 1 aliphatic heterocycles. The standard InChI is InChI=1S/C26H32F2N6O2/c1-19(26(35,16-34-18-29-17-31-34)23-8-6-20(27)14-24(23)28)32-10-12-33(13-11-32)21-7-9-25(30-15-21)36-22-4-2-3-5-22/h6-9,14-15,17-19,22,35H,2-5,10-13,16H2,1H3/t19-,26-/m1/s1. The number of nitrogens with zero attached hydrogens (tertiary/aromatic N) is 6. The molecule has 3 aromatic rings. The van der Waals surface area contributed by atoms with Crippen LogP contribution in [0.2, 0.25) is 0 Å². The molecule has 2 aromatic heterocycles. The fraction of sp³-hybridized carbons (Fsp3) is 0.500. The van der Waals surface area contributed by atoms with Crippen LogP contribution in [0.5, 0.6) is 5.88 Å². The Bertz CT molecular complexity index is 1130. The number of aromatic nitrogens is 4. The zero-order valence-corrected chi connectivity index (χ0v) is 20.4. The summed E-state index contributed by atoms with van der Waals surface area (Å²) in [5.41, 5.74) is -0.589. The van der Waals surface area contributed by atoms with Gasteiger partial charge in [-0.25, -0.2) is 23.4 Å². The van der Waals surface area contributed by atoms with E-state index >= 15 is 0 Å². The van der Waals surface area contributed by atoms with E-state index in [1.165, 1.54) is 42.3 Å². The van der Waals surface area contributed by atoms with Crippen molar-refractivity contribution in [3.8, 4) is 5.88 Å². The first-order valence-electron chi connectivity index (χ1n) is 12.5. The highest BCUT2D eigenvalue weighted by Crippen LogP contribution is 2.33. The average molecular weight is 499 g/mol. The van der Waals surface area contributed by atoms with Gasteiger partial charge >= 0.3 is 0 Å². The Kier molecular flexibility index (Phi) is 7.15. The molecule has 0 radical (unpaired) electrons. The Balaban J connectivity index is 1.27. The normalized spacial score (nSPS) is 19.8. The Morgan fingerprint density at radius 3 is 2.53 bits per heavy atom. The molecular formula is C26H32F2N6O2. The van der Waals surface area contributed by atoms with Crippen LogP contribution in [0.3, 0.4) is 0 Å². The lowest BCUT2D eigenvalue weighted by molar-refractivity contribution is -0.0650. The average Bonchev–Trinajstić information content (AvgIpc) is 3.59. The predicted molar refractivity (Wildman–Crippen MR) is 131 cm³/mol. The first-order valence-corrected chi connectivity index (χ1v) is 12.5. The fourth-order valence-electron chi connectivity index (χ4n) is 5.32. The van der Waals surface area contributed by atoms with Crippen molar-refractivity contribution in [3.05, 3.63) is 66.4 Å². The van der Waals surface area contributed by atoms with Gasteiger partial charge in [-0.2, -0.15) is 5.10 Å². The maximum atomic E-state index is 14.9. The maximum absolute atomic E-state index is 14.9. The van der Waals surface area contributed by atoms with Crippen LogP contribution in [-0.2, 0) is 12.1 Å². The lowest BCUT2D eigenvalue weighted by Gasteiger charge is -2.45. The Morgan fingerprint density at radius 2 is 1.89 bits per heavy atom. The summed E-state index contributed by atoms with van der Waals surface area (Å²) in [4.78, 5) is 12.8. The highest BCUT2D eigenvalue weighted by Gasteiger charge is 2.42. The number of aliphatic hydroxyl groups is 1. The number of ether oxygens (including phenoxy) is 1. The SMILES string of the molecule is C[C@@H](N1CCN(c2ccc(OC3CCCC3)nc2)CC1)[C@](O)(Cn1cncn1)c1ccc(F)cc1F. The zero-order chi connectivity index (χ0) is 25.1. The zero-order valence-electron chi connectivity index (χ0n) is 20.4. The molecule has 0 bridgehead atoms. The molecule has 2 aliphatic rings. The fourth-order valence-corrected chi connectivity index (χ4v) is 5.32. The first-order chi connectivity index (χ1) is 17.4. The number of anilines is 1. The van der Waals surface area contributed by atoms with Gasteiger partial charge in [-0.1, -0.05) is 6.07 Å². The van der Waals surface area contributed by atoms with E-state index in [9.17, 15) is 13.9 Å². The molecule has 5 rings (SSSR count). The summed E-state index contributed by atoms with van der Waals surface area (Å²) in [5.74, 6) is -0.805. The number of hydrogen-bond donors (Lipinski definition) is 1. The van der Waals surface area contributed by atoms with Crippen LogP contribution < -0.4 is 9.64 Å². The van der Waals surface area contributed by atoms with Crippen molar-refractivity contribution in [3.63, 3.8) is 0 Å². The molecule has 2 fully saturated rings. The third-order valence-electron chi connectivity index (χ3n) is 7.50. The largest absolute Gasteiger partial charge is 0.474 e. The number of piperazine rings is 1. The summed E-state index contributed by atoms with van der Waals surface area (Å²) in [6.45, 7) is 4.61. The van der Waals surface area contributed by atoms with Gasteiger partial charge in [0.1, 0.15) is 36.0 Å². The molecule has 1 saturated carbocycles. The van der Waals surface area contributed by atoms with E-state index in [1.807, 2.05) is 25.3 Å². The molecule has 0 unspecified atom stereocenters. The first kappa shape index (κ1) is 24.6. The van der Waals surface area contributed by atoms with E-state index in [0.717, 1.165) is 37.7 Å². The molecule has 1 aromatic carbocycles. The summed E-state index contributed by atoms with van der Waals surface area (Å²) in [5, 5.41) is 15.9. The second-order valence-electron chi connectivity index (χ2n) is 9.72. The van der Waals surface area contributed by atoms with Crippen LogP contribution in [-0.4, -0.2) is 68.1 Å². The molecule has 3 heterocycles. The topological polar surface area (TPSA) is 79.5 Å². The molecule has 192 valence electrons. The molecule has 1 N–H and O–H groups in total. The Hall–Kier alpha value is -3.11. The minimum atomic E-state index is -1.64. The minimum absolute atomic E-state index is 0.0106. The highest BCUT2D eigenvalue weighted by molar-refractivity contribution is 5.46. The predicted octanol–water partition coefficient (Wildman–Crippen LogP) is 3.37. The summed E-state index contributed by atoms with van der Waals surface area (Å²) in [7, 11) is 0. The van der Waals surface area contributed by atoms with Crippen molar-refractivity contribution in [2.45, 2.75) is 56.9 Å².